The highest BCUT2D eigenvalue weighted by Crippen LogP contribution is 2.27. The summed E-state index contributed by atoms with van der Waals surface area (Å²) in [6.07, 6.45) is 0.859. The standard InChI is InChI=1S/C12H16F2N2O2S/c1-8-11(15)6-7-16(8)9-2-4-10(5-3-9)19(17,18)12(13)14/h2-5,8,11-12H,6-7,15H2,1H3. The molecule has 0 bridgehead atoms. The number of alkyl halides is 2. The van der Waals surface area contributed by atoms with Gasteiger partial charge >= 0.3 is 5.76 Å². The molecule has 106 valence electrons. The SMILES string of the molecule is CC1C(N)CCN1c1ccc(S(=O)(=O)C(F)F)cc1. The topological polar surface area (TPSA) is 63.4 Å². The van der Waals surface area contributed by atoms with E-state index in [1.807, 2.05) is 11.8 Å². The van der Waals surface area contributed by atoms with E-state index < -0.39 is 15.6 Å². The number of nitrogens with zero attached hydrogens (tertiary/aromatic N) is 1. The molecule has 1 fully saturated rings. The van der Waals surface area contributed by atoms with Gasteiger partial charge in [0.25, 0.3) is 0 Å². The maximum atomic E-state index is 12.4. The largest absolute Gasteiger partial charge is 0.367 e. The van der Waals surface area contributed by atoms with E-state index in [9.17, 15) is 17.2 Å². The van der Waals surface area contributed by atoms with Crippen LogP contribution in [0.4, 0.5) is 14.5 Å². The molecular weight excluding hydrogens is 274 g/mol. The fraction of sp³-hybridized carbons (Fsp3) is 0.500. The average molecular weight is 290 g/mol. The highest BCUT2D eigenvalue weighted by molar-refractivity contribution is 7.91. The van der Waals surface area contributed by atoms with Gasteiger partial charge in [-0.25, -0.2) is 8.42 Å². The molecule has 1 aromatic carbocycles. The molecule has 2 rings (SSSR count). The number of halogens is 2. The molecule has 1 aromatic rings. The Morgan fingerprint density at radius 3 is 2.32 bits per heavy atom. The molecule has 0 amide bonds. The van der Waals surface area contributed by atoms with Crippen molar-refractivity contribution in [2.75, 3.05) is 11.4 Å². The summed E-state index contributed by atoms with van der Waals surface area (Å²) in [6, 6.07) is 5.75. The van der Waals surface area contributed by atoms with E-state index in [-0.39, 0.29) is 17.0 Å². The van der Waals surface area contributed by atoms with Gasteiger partial charge in [-0.2, -0.15) is 8.78 Å². The summed E-state index contributed by atoms with van der Waals surface area (Å²) in [4.78, 5) is 1.69. The molecule has 0 spiro atoms. The normalized spacial score (nSPS) is 24.2. The quantitative estimate of drug-likeness (QED) is 0.918. The van der Waals surface area contributed by atoms with Crippen molar-refractivity contribution in [1.82, 2.24) is 0 Å². The highest BCUT2D eigenvalue weighted by Gasteiger charge is 2.29. The van der Waals surface area contributed by atoms with E-state index in [2.05, 4.69) is 0 Å². The Morgan fingerprint density at radius 1 is 1.32 bits per heavy atom. The number of nitrogens with two attached hydrogens (primary N) is 1. The van der Waals surface area contributed by atoms with Gasteiger partial charge in [0.15, 0.2) is 0 Å². The van der Waals surface area contributed by atoms with Crippen LogP contribution in [0.15, 0.2) is 29.2 Å². The van der Waals surface area contributed by atoms with Crippen molar-refractivity contribution in [2.45, 2.75) is 36.1 Å². The zero-order valence-electron chi connectivity index (χ0n) is 10.5. The van der Waals surface area contributed by atoms with Crippen molar-refractivity contribution in [3.8, 4) is 0 Å². The molecule has 2 unspecified atom stereocenters. The van der Waals surface area contributed by atoms with Crippen LogP contribution in [0.3, 0.4) is 0 Å². The maximum absolute atomic E-state index is 12.4. The molecule has 19 heavy (non-hydrogen) atoms. The number of anilines is 1. The summed E-state index contributed by atoms with van der Waals surface area (Å²) in [6.45, 7) is 2.77. The third-order valence-electron chi connectivity index (χ3n) is 3.55. The molecular formula is C12H16F2N2O2S. The molecule has 2 N–H and O–H groups in total. The number of sulfone groups is 1. The summed E-state index contributed by atoms with van der Waals surface area (Å²) in [5.74, 6) is -3.39. The zero-order chi connectivity index (χ0) is 14.2. The number of benzene rings is 1. The predicted octanol–water partition coefficient (Wildman–Crippen LogP) is 1.61. The van der Waals surface area contributed by atoms with Crippen LogP contribution in [0.5, 0.6) is 0 Å². The number of hydrogen-bond acceptors (Lipinski definition) is 4. The third-order valence-corrected chi connectivity index (χ3v) is 4.94. The van der Waals surface area contributed by atoms with Crippen LogP contribution in [0.25, 0.3) is 0 Å². The molecule has 4 nitrogen and oxygen atoms in total. The van der Waals surface area contributed by atoms with Crippen molar-refractivity contribution < 1.29 is 17.2 Å². The van der Waals surface area contributed by atoms with Gasteiger partial charge in [-0.15, -0.1) is 0 Å². The van der Waals surface area contributed by atoms with E-state index in [0.29, 0.717) is 0 Å². The van der Waals surface area contributed by atoms with Crippen molar-refractivity contribution in [2.24, 2.45) is 5.73 Å². The van der Waals surface area contributed by atoms with Gasteiger partial charge in [-0.3, -0.25) is 0 Å². The monoisotopic (exact) mass is 290 g/mol. The van der Waals surface area contributed by atoms with E-state index in [1.165, 1.54) is 12.1 Å². The minimum absolute atomic E-state index is 0.0736. The lowest BCUT2D eigenvalue weighted by Gasteiger charge is -2.25. The van der Waals surface area contributed by atoms with Crippen molar-refractivity contribution in [3.05, 3.63) is 24.3 Å². The molecule has 0 aliphatic carbocycles. The molecule has 1 aliphatic rings. The van der Waals surface area contributed by atoms with Crippen molar-refractivity contribution in [3.63, 3.8) is 0 Å². The van der Waals surface area contributed by atoms with Gasteiger partial charge in [-0.1, -0.05) is 0 Å². The van der Waals surface area contributed by atoms with Crippen LogP contribution >= 0.6 is 0 Å². The molecule has 0 aromatic heterocycles. The highest BCUT2D eigenvalue weighted by atomic mass is 32.2. The fourth-order valence-electron chi connectivity index (χ4n) is 2.26. The predicted molar refractivity (Wildman–Crippen MR) is 69.0 cm³/mol. The molecule has 1 aliphatic heterocycles. The minimum atomic E-state index is -4.52. The van der Waals surface area contributed by atoms with Gasteiger partial charge in [0.1, 0.15) is 0 Å². The molecule has 2 atom stereocenters. The Hall–Kier alpha value is -1.21. The maximum Gasteiger partial charge on any atom is 0.341 e. The van der Waals surface area contributed by atoms with Crippen LogP contribution in [0.2, 0.25) is 0 Å². The Balaban J connectivity index is 2.25. The van der Waals surface area contributed by atoms with E-state index in [4.69, 9.17) is 5.73 Å². The van der Waals surface area contributed by atoms with E-state index in [0.717, 1.165) is 18.7 Å². The molecule has 1 saturated heterocycles. The third kappa shape index (κ3) is 2.57. The van der Waals surface area contributed by atoms with Gasteiger partial charge in [0.05, 0.1) is 4.90 Å². The number of hydrogen-bond donors (Lipinski definition) is 1. The van der Waals surface area contributed by atoms with Crippen LogP contribution < -0.4 is 10.6 Å². The molecule has 0 radical (unpaired) electrons. The summed E-state index contributed by atoms with van der Waals surface area (Å²) in [7, 11) is -4.52. The first-order valence-electron chi connectivity index (χ1n) is 5.98. The molecule has 0 saturated carbocycles. The fourth-order valence-corrected chi connectivity index (χ4v) is 2.98. The summed E-state index contributed by atoms with van der Waals surface area (Å²) >= 11 is 0. The first-order valence-corrected chi connectivity index (χ1v) is 7.53. The van der Waals surface area contributed by atoms with Gasteiger partial charge in [0, 0.05) is 24.3 Å². The molecule has 1 heterocycles. The van der Waals surface area contributed by atoms with E-state index >= 15 is 0 Å². The van der Waals surface area contributed by atoms with Gasteiger partial charge < -0.3 is 10.6 Å². The Morgan fingerprint density at radius 2 is 1.89 bits per heavy atom. The smallest absolute Gasteiger partial charge is 0.341 e. The first-order chi connectivity index (χ1) is 8.84. The summed E-state index contributed by atoms with van der Waals surface area (Å²) in [5.41, 5.74) is 6.71. The Bertz CT molecular complexity index is 545. The van der Waals surface area contributed by atoms with Crippen LogP contribution in [-0.4, -0.2) is 32.8 Å². The summed E-state index contributed by atoms with van der Waals surface area (Å²) in [5, 5.41) is 0. The number of rotatable bonds is 3. The lowest BCUT2D eigenvalue weighted by Crippen LogP contribution is -2.36. The second kappa shape index (κ2) is 5.05. The Labute approximate surface area is 111 Å². The van der Waals surface area contributed by atoms with Crippen molar-refractivity contribution >= 4 is 15.5 Å². The first kappa shape index (κ1) is 14.2. The van der Waals surface area contributed by atoms with Gasteiger partial charge in [-0.05, 0) is 37.6 Å². The Kier molecular flexibility index (Phi) is 3.78. The van der Waals surface area contributed by atoms with Crippen LogP contribution in [0.1, 0.15) is 13.3 Å². The summed E-state index contributed by atoms with van der Waals surface area (Å²) < 4.78 is 47.4. The van der Waals surface area contributed by atoms with Crippen LogP contribution in [-0.2, 0) is 9.84 Å². The minimum Gasteiger partial charge on any atom is -0.367 e. The molecule has 7 heteroatoms. The van der Waals surface area contributed by atoms with Crippen LogP contribution in [0, 0.1) is 0 Å². The average Bonchev–Trinajstić information content (AvgIpc) is 2.70. The second-order valence-corrected chi connectivity index (χ2v) is 6.60. The lowest BCUT2D eigenvalue weighted by atomic mass is 10.1. The van der Waals surface area contributed by atoms with Crippen molar-refractivity contribution in [1.29, 1.82) is 0 Å². The van der Waals surface area contributed by atoms with E-state index in [1.54, 1.807) is 12.1 Å². The second-order valence-electron chi connectivity index (χ2n) is 4.69. The lowest BCUT2D eigenvalue weighted by molar-refractivity contribution is 0.234. The zero-order valence-corrected chi connectivity index (χ0v) is 11.3. The van der Waals surface area contributed by atoms with Gasteiger partial charge in [0.2, 0.25) is 9.84 Å².